The van der Waals surface area contributed by atoms with Gasteiger partial charge in [-0.15, -0.1) is 0 Å². The second kappa shape index (κ2) is 9.94. The fourth-order valence-electron chi connectivity index (χ4n) is 8.48. The molecule has 0 aromatic carbocycles. The average Bonchev–Trinajstić information content (AvgIpc) is 3.45. The molecule has 0 aromatic rings. The lowest BCUT2D eigenvalue weighted by molar-refractivity contribution is -0.118. The van der Waals surface area contributed by atoms with Crippen molar-refractivity contribution in [2.45, 2.75) is 71.3 Å². The van der Waals surface area contributed by atoms with E-state index >= 15 is 0 Å². The summed E-state index contributed by atoms with van der Waals surface area (Å²) in [5.41, 5.74) is -0.123. The van der Waals surface area contributed by atoms with Crippen LogP contribution < -0.4 is 10.6 Å². The van der Waals surface area contributed by atoms with Gasteiger partial charge in [-0.3, -0.25) is 14.4 Å². The maximum Gasteiger partial charge on any atom is 0.259 e. The molecule has 2 bridgehead atoms. The molecule has 5 aliphatic rings. The van der Waals surface area contributed by atoms with Crippen LogP contribution in [0.2, 0.25) is 0 Å². The lowest BCUT2D eigenvalue weighted by atomic mass is 9.63. The zero-order valence-corrected chi connectivity index (χ0v) is 21.0. The molecule has 6 nitrogen and oxygen atoms in total. The van der Waals surface area contributed by atoms with Crippen LogP contribution in [-0.2, 0) is 14.4 Å². The van der Waals surface area contributed by atoms with E-state index in [0.29, 0.717) is 31.2 Å². The van der Waals surface area contributed by atoms with Crippen molar-refractivity contribution in [1.82, 2.24) is 10.6 Å². The summed E-state index contributed by atoms with van der Waals surface area (Å²) in [6, 6.07) is -0.636. The van der Waals surface area contributed by atoms with E-state index in [-0.39, 0.29) is 28.9 Å². The summed E-state index contributed by atoms with van der Waals surface area (Å²) < 4.78 is 0. The lowest BCUT2D eigenvalue weighted by Gasteiger charge is -2.42. The summed E-state index contributed by atoms with van der Waals surface area (Å²) in [6.07, 6.45) is 15.3. The van der Waals surface area contributed by atoms with Crippen LogP contribution in [0.3, 0.4) is 0 Å². The van der Waals surface area contributed by atoms with Gasteiger partial charge in [0.25, 0.3) is 5.91 Å². The summed E-state index contributed by atoms with van der Waals surface area (Å²) in [5, 5.41) is 16.3. The highest BCUT2D eigenvalue weighted by atomic mass is 16.3. The number of amides is 2. The van der Waals surface area contributed by atoms with E-state index in [1.54, 1.807) is 12.2 Å². The zero-order valence-electron chi connectivity index (χ0n) is 21.0. The maximum absolute atomic E-state index is 12.8. The average molecular weight is 481 g/mol. The first-order valence-corrected chi connectivity index (χ1v) is 13.8. The number of hydrogen-bond donors (Lipinski definition) is 3. The molecule has 190 valence electrons. The van der Waals surface area contributed by atoms with Gasteiger partial charge in [-0.05, 0) is 104 Å². The molecule has 3 N–H and O–H groups in total. The van der Waals surface area contributed by atoms with Crippen LogP contribution in [0, 0.1) is 47.3 Å². The predicted molar refractivity (Wildman–Crippen MR) is 134 cm³/mol. The van der Waals surface area contributed by atoms with E-state index in [2.05, 4.69) is 24.5 Å². The Balaban J connectivity index is 1.43. The smallest absolute Gasteiger partial charge is 0.259 e. The standard InChI is InChI=1S/C29H40N2O4/c1-3-17-14-19-15-22-20-6-4-8-25(33)30-13-5-7-23-28(34)27(29(35)31-23)24(32)12-10-18(20)9-11-21(22)26(19)16(17)2/h4,8,10,12,16-23,26,32H,3,5-7,9,11,13-15H2,1-2H3,(H,30,33)(H,31,35)/b8-4-,12-10+,27-24?/t16-,17+,18-,19+,20-,21+,22+,23+,26+/m1/s1. The molecule has 0 aromatic heterocycles. The third-order valence-corrected chi connectivity index (χ3v) is 10.1. The number of carbonyl (C=O) groups excluding carboxylic acids is 3. The number of allylic oxidation sites excluding steroid dienone is 3. The van der Waals surface area contributed by atoms with Gasteiger partial charge in [0, 0.05) is 6.54 Å². The summed E-state index contributed by atoms with van der Waals surface area (Å²) in [4.78, 5) is 37.6. The summed E-state index contributed by atoms with van der Waals surface area (Å²) in [7, 11) is 0. The molecule has 0 radical (unpaired) electrons. The topological polar surface area (TPSA) is 95.5 Å². The van der Waals surface area contributed by atoms with Crippen LogP contribution in [0.15, 0.2) is 35.6 Å². The number of aliphatic hydroxyl groups excluding tert-OH is 1. The van der Waals surface area contributed by atoms with Crippen LogP contribution in [-0.4, -0.2) is 35.3 Å². The van der Waals surface area contributed by atoms with Gasteiger partial charge in [0.05, 0.1) is 6.04 Å². The highest BCUT2D eigenvalue weighted by molar-refractivity contribution is 6.27. The van der Waals surface area contributed by atoms with E-state index in [1.165, 1.54) is 25.7 Å². The highest BCUT2D eigenvalue weighted by Gasteiger charge is 2.55. The van der Waals surface area contributed by atoms with Crippen molar-refractivity contribution < 1.29 is 19.5 Å². The fraction of sp³-hybridized carbons (Fsp3) is 0.690. The molecule has 2 heterocycles. The molecule has 5 rings (SSSR count). The van der Waals surface area contributed by atoms with Crippen molar-refractivity contribution in [2.24, 2.45) is 47.3 Å². The molecule has 3 saturated carbocycles. The molecule has 2 amide bonds. The summed E-state index contributed by atoms with van der Waals surface area (Å²) in [5.74, 6) is 4.12. The van der Waals surface area contributed by atoms with Crippen molar-refractivity contribution in [3.05, 3.63) is 35.6 Å². The van der Waals surface area contributed by atoms with Crippen LogP contribution in [0.25, 0.3) is 0 Å². The van der Waals surface area contributed by atoms with Gasteiger partial charge in [0.1, 0.15) is 11.3 Å². The molecule has 35 heavy (non-hydrogen) atoms. The van der Waals surface area contributed by atoms with Gasteiger partial charge in [-0.2, -0.15) is 0 Å². The largest absolute Gasteiger partial charge is 0.507 e. The molecule has 1 saturated heterocycles. The number of ketones is 1. The minimum Gasteiger partial charge on any atom is -0.507 e. The Bertz CT molecular complexity index is 966. The third-order valence-electron chi connectivity index (χ3n) is 10.1. The molecule has 2 aliphatic heterocycles. The van der Waals surface area contributed by atoms with Gasteiger partial charge < -0.3 is 15.7 Å². The summed E-state index contributed by atoms with van der Waals surface area (Å²) >= 11 is 0. The van der Waals surface area contributed by atoms with Crippen LogP contribution >= 0.6 is 0 Å². The van der Waals surface area contributed by atoms with E-state index in [9.17, 15) is 19.5 Å². The number of nitrogens with one attached hydrogen (secondary N) is 2. The van der Waals surface area contributed by atoms with Crippen molar-refractivity contribution in [3.8, 4) is 0 Å². The number of hydrogen-bond acceptors (Lipinski definition) is 4. The number of fused-ring (bicyclic) bond motifs is 7. The highest BCUT2D eigenvalue weighted by Crippen LogP contribution is 2.62. The van der Waals surface area contributed by atoms with E-state index in [4.69, 9.17) is 0 Å². The van der Waals surface area contributed by atoms with Gasteiger partial charge in [-0.25, -0.2) is 0 Å². The van der Waals surface area contributed by atoms with E-state index in [1.807, 2.05) is 12.2 Å². The Morgan fingerprint density at radius 3 is 2.66 bits per heavy atom. The molecule has 0 spiro atoms. The Hall–Kier alpha value is -2.37. The molecular weight excluding hydrogens is 440 g/mol. The number of aliphatic hydroxyl groups is 1. The van der Waals surface area contributed by atoms with Crippen LogP contribution in [0.1, 0.15) is 65.2 Å². The maximum atomic E-state index is 12.8. The Morgan fingerprint density at radius 1 is 1.03 bits per heavy atom. The van der Waals surface area contributed by atoms with E-state index in [0.717, 1.165) is 42.4 Å². The normalized spacial score (nSPS) is 43.7. The summed E-state index contributed by atoms with van der Waals surface area (Å²) in [6.45, 7) is 5.25. The van der Waals surface area contributed by atoms with Crippen molar-refractivity contribution in [1.29, 1.82) is 0 Å². The molecule has 3 aliphatic carbocycles. The third kappa shape index (κ3) is 4.49. The molecule has 0 unspecified atom stereocenters. The molecule has 4 fully saturated rings. The van der Waals surface area contributed by atoms with Crippen LogP contribution in [0.4, 0.5) is 0 Å². The van der Waals surface area contributed by atoms with Crippen molar-refractivity contribution >= 4 is 17.6 Å². The van der Waals surface area contributed by atoms with E-state index < -0.39 is 11.9 Å². The van der Waals surface area contributed by atoms with Crippen LogP contribution in [0.5, 0.6) is 0 Å². The molecule has 9 atom stereocenters. The lowest BCUT2D eigenvalue weighted by Crippen LogP contribution is -2.34. The SMILES string of the molecule is CC[C@H]1C[C@H]2C[C@@H]3[C@H](CC[C@@H]4/C=C/C(O)=C5C(=O)N[C@@H](CCCNC(=O)/C=C\C[C@@H]34)C5=O)[C@H]2[C@@H]1C. The van der Waals surface area contributed by atoms with Gasteiger partial charge >= 0.3 is 0 Å². The monoisotopic (exact) mass is 480 g/mol. The molecular formula is C29H40N2O4. The first-order chi connectivity index (χ1) is 16.9. The fourth-order valence-corrected chi connectivity index (χ4v) is 8.48. The Labute approximate surface area is 208 Å². The molecule has 6 heteroatoms. The second-order valence-electron chi connectivity index (χ2n) is 11.7. The number of carbonyl (C=O) groups is 3. The number of rotatable bonds is 1. The first-order valence-electron chi connectivity index (χ1n) is 13.8. The number of Topliss-reactive ketones (excluding diaryl/α,β-unsaturated/α-hetero) is 1. The van der Waals surface area contributed by atoms with Gasteiger partial charge in [0.15, 0.2) is 5.78 Å². The Kier molecular flexibility index (Phi) is 6.91. The second-order valence-corrected chi connectivity index (χ2v) is 11.7. The zero-order chi connectivity index (χ0) is 24.7. The van der Waals surface area contributed by atoms with Crippen molar-refractivity contribution in [3.63, 3.8) is 0 Å². The minimum absolute atomic E-state index is 0.0979. The predicted octanol–water partition coefficient (Wildman–Crippen LogP) is 4.24. The first kappa shape index (κ1) is 24.3. The minimum atomic E-state index is -0.636. The van der Waals surface area contributed by atoms with Gasteiger partial charge in [0.2, 0.25) is 5.91 Å². The van der Waals surface area contributed by atoms with Crippen molar-refractivity contribution in [2.75, 3.05) is 6.54 Å². The Morgan fingerprint density at radius 2 is 1.86 bits per heavy atom. The van der Waals surface area contributed by atoms with Gasteiger partial charge in [-0.1, -0.05) is 32.4 Å². The quantitative estimate of drug-likeness (QED) is 0.489.